The molecule has 2 aromatic carbocycles. The van der Waals surface area contributed by atoms with Crippen LogP contribution in [0.15, 0.2) is 36.4 Å². The fraction of sp³-hybridized carbons (Fsp3) is 0.350. The highest BCUT2D eigenvalue weighted by atomic mass is 35.5. The molecular formula is C20H22ClNO4. The molecule has 1 N–H and O–H groups in total. The quantitative estimate of drug-likeness (QED) is 0.762. The van der Waals surface area contributed by atoms with Crippen LogP contribution in [0.2, 0.25) is 5.02 Å². The molecule has 0 aromatic heterocycles. The molecule has 0 aliphatic carbocycles. The molecule has 0 atom stereocenters. The van der Waals surface area contributed by atoms with Crippen LogP contribution in [0, 0.1) is 0 Å². The maximum absolute atomic E-state index is 11.2. The van der Waals surface area contributed by atoms with Gasteiger partial charge in [-0.3, -0.25) is 4.79 Å². The predicted octanol–water partition coefficient (Wildman–Crippen LogP) is 4.30. The van der Waals surface area contributed by atoms with Gasteiger partial charge in [0.05, 0.1) is 12.2 Å². The fourth-order valence-electron chi connectivity index (χ4n) is 3.15. The molecule has 5 nitrogen and oxygen atoms in total. The van der Waals surface area contributed by atoms with Crippen LogP contribution in [-0.2, 0) is 0 Å². The summed E-state index contributed by atoms with van der Waals surface area (Å²) in [4.78, 5) is 13.2. The van der Waals surface area contributed by atoms with E-state index in [0.717, 1.165) is 18.6 Å². The Labute approximate surface area is 158 Å². The lowest BCUT2D eigenvalue weighted by Crippen LogP contribution is -2.38. The number of phenols is 1. The minimum Gasteiger partial charge on any atom is -0.505 e. The normalized spacial score (nSPS) is 14.9. The van der Waals surface area contributed by atoms with Crippen molar-refractivity contribution in [3.63, 3.8) is 0 Å². The van der Waals surface area contributed by atoms with Crippen LogP contribution in [0.3, 0.4) is 0 Å². The third-order valence-electron chi connectivity index (χ3n) is 4.45. The lowest BCUT2D eigenvalue weighted by atomic mass is 10.0. The molecule has 0 amide bonds. The number of ether oxygens (including phenoxy) is 2. The summed E-state index contributed by atoms with van der Waals surface area (Å²) in [5.41, 5.74) is 0.851. The van der Waals surface area contributed by atoms with Crippen LogP contribution < -0.4 is 14.4 Å². The van der Waals surface area contributed by atoms with Crippen molar-refractivity contribution in [1.29, 1.82) is 0 Å². The molecular weight excluding hydrogens is 354 g/mol. The van der Waals surface area contributed by atoms with Crippen molar-refractivity contribution in [3.8, 4) is 17.2 Å². The summed E-state index contributed by atoms with van der Waals surface area (Å²) in [6.07, 6.45) is 2.36. The van der Waals surface area contributed by atoms with Crippen LogP contribution in [0.4, 0.5) is 5.69 Å². The Hall–Kier alpha value is -2.40. The van der Waals surface area contributed by atoms with Gasteiger partial charge in [0.2, 0.25) is 0 Å². The van der Waals surface area contributed by atoms with E-state index in [1.807, 2.05) is 31.2 Å². The first-order valence-electron chi connectivity index (χ1n) is 8.73. The molecule has 3 rings (SSSR count). The number of phenolic OH excluding ortho intramolecular Hbond substituents is 1. The summed E-state index contributed by atoms with van der Waals surface area (Å²) in [7, 11) is 0. The third-order valence-corrected chi connectivity index (χ3v) is 4.70. The minimum atomic E-state index is -0.0250. The Kier molecular flexibility index (Phi) is 5.89. The van der Waals surface area contributed by atoms with Crippen molar-refractivity contribution in [2.45, 2.75) is 25.9 Å². The maximum Gasteiger partial charge on any atom is 0.153 e. The molecule has 0 spiro atoms. The number of aromatic hydroxyl groups is 1. The number of hydrogen-bond acceptors (Lipinski definition) is 5. The number of piperidine rings is 1. The van der Waals surface area contributed by atoms with E-state index in [2.05, 4.69) is 4.90 Å². The van der Waals surface area contributed by atoms with E-state index in [1.54, 1.807) is 12.1 Å². The van der Waals surface area contributed by atoms with Gasteiger partial charge in [-0.1, -0.05) is 11.6 Å². The Balaban J connectivity index is 1.71. The molecule has 0 unspecified atom stereocenters. The molecule has 6 heteroatoms. The third kappa shape index (κ3) is 4.05. The van der Waals surface area contributed by atoms with Crippen molar-refractivity contribution in [3.05, 3.63) is 47.0 Å². The van der Waals surface area contributed by atoms with Crippen molar-refractivity contribution in [1.82, 2.24) is 0 Å². The molecule has 0 radical (unpaired) electrons. The zero-order valence-corrected chi connectivity index (χ0v) is 15.4. The molecule has 26 heavy (non-hydrogen) atoms. The number of aldehydes is 1. The highest BCUT2D eigenvalue weighted by molar-refractivity contribution is 6.30. The number of nitrogens with zero attached hydrogens (tertiary/aromatic N) is 1. The van der Waals surface area contributed by atoms with Gasteiger partial charge in [0.1, 0.15) is 23.3 Å². The van der Waals surface area contributed by atoms with E-state index < -0.39 is 0 Å². The van der Waals surface area contributed by atoms with Crippen molar-refractivity contribution in [2.24, 2.45) is 0 Å². The molecule has 2 aromatic rings. The lowest BCUT2D eigenvalue weighted by molar-refractivity contribution is 0.112. The van der Waals surface area contributed by atoms with Crippen molar-refractivity contribution >= 4 is 23.6 Å². The van der Waals surface area contributed by atoms with Gasteiger partial charge in [-0.05, 0) is 43.3 Å². The number of rotatable bonds is 6. The first-order valence-corrected chi connectivity index (χ1v) is 9.11. The van der Waals surface area contributed by atoms with Crippen LogP contribution in [0.5, 0.6) is 17.2 Å². The fourth-order valence-corrected chi connectivity index (χ4v) is 3.28. The first-order chi connectivity index (χ1) is 12.6. The van der Waals surface area contributed by atoms with Gasteiger partial charge in [-0.25, -0.2) is 0 Å². The number of hydrogen-bond donors (Lipinski definition) is 1. The summed E-state index contributed by atoms with van der Waals surface area (Å²) in [6, 6.07) is 10.7. The number of halogens is 1. The van der Waals surface area contributed by atoms with Gasteiger partial charge in [-0.15, -0.1) is 0 Å². The summed E-state index contributed by atoms with van der Waals surface area (Å²) in [5.74, 6) is 1.37. The molecule has 0 bridgehead atoms. The molecule has 1 saturated heterocycles. The largest absolute Gasteiger partial charge is 0.505 e. The van der Waals surface area contributed by atoms with Gasteiger partial charge < -0.3 is 19.5 Å². The summed E-state index contributed by atoms with van der Waals surface area (Å²) in [6.45, 7) is 3.78. The van der Waals surface area contributed by atoms with E-state index in [0.29, 0.717) is 42.4 Å². The zero-order chi connectivity index (χ0) is 18.5. The molecule has 1 aliphatic rings. The standard InChI is InChI=1S/C20H22ClNO4/c1-2-25-18-8-3-14(13-23)20(24)19(18)22-11-9-17(10-12-22)26-16-6-4-15(21)5-7-16/h3-8,13,17,24H,2,9-12H2,1H3. The van der Waals surface area contributed by atoms with E-state index in [-0.39, 0.29) is 17.4 Å². The Bertz CT molecular complexity index is 755. The van der Waals surface area contributed by atoms with Crippen LogP contribution in [0.25, 0.3) is 0 Å². The second kappa shape index (κ2) is 8.32. The number of carbonyl (C=O) groups is 1. The first kappa shape index (κ1) is 18.4. The summed E-state index contributed by atoms with van der Waals surface area (Å²) < 4.78 is 11.7. The van der Waals surface area contributed by atoms with Crippen LogP contribution in [0.1, 0.15) is 30.1 Å². The SMILES string of the molecule is CCOc1ccc(C=O)c(O)c1N1CCC(Oc2ccc(Cl)cc2)CC1. The van der Waals surface area contributed by atoms with Gasteiger partial charge in [-0.2, -0.15) is 0 Å². The molecule has 0 saturated carbocycles. The predicted molar refractivity (Wildman–Crippen MR) is 102 cm³/mol. The van der Waals surface area contributed by atoms with Gasteiger partial charge >= 0.3 is 0 Å². The highest BCUT2D eigenvalue weighted by Gasteiger charge is 2.26. The van der Waals surface area contributed by atoms with E-state index >= 15 is 0 Å². The van der Waals surface area contributed by atoms with E-state index in [9.17, 15) is 9.90 Å². The summed E-state index contributed by atoms with van der Waals surface area (Å²) in [5, 5.41) is 11.2. The molecule has 1 heterocycles. The van der Waals surface area contributed by atoms with Crippen molar-refractivity contribution < 1.29 is 19.4 Å². The number of benzene rings is 2. The average molecular weight is 376 g/mol. The number of carbonyl (C=O) groups excluding carboxylic acids is 1. The van der Waals surface area contributed by atoms with Crippen LogP contribution >= 0.6 is 11.6 Å². The van der Waals surface area contributed by atoms with E-state index in [1.165, 1.54) is 0 Å². The van der Waals surface area contributed by atoms with Gasteiger partial charge in [0.25, 0.3) is 0 Å². The molecule has 138 valence electrons. The highest BCUT2D eigenvalue weighted by Crippen LogP contribution is 2.40. The maximum atomic E-state index is 11.2. The van der Waals surface area contributed by atoms with Gasteiger partial charge in [0.15, 0.2) is 12.0 Å². The zero-order valence-electron chi connectivity index (χ0n) is 14.7. The molecule has 1 fully saturated rings. The Morgan fingerprint density at radius 2 is 1.88 bits per heavy atom. The van der Waals surface area contributed by atoms with E-state index in [4.69, 9.17) is 21.1 Å². The lowest BCUT2D eigenvalue weighted by Gasteiger charge is -2.35. The smallest absolute Gasteiger partial charge is 0.153 e. The second-order valence-electron chi connectivity index (χ2n) is 6.16. The number of anilines is 1. The van der Waals surface area contributed by atoms with Gasteiger partial charge in [0, 0.05) is 31.0 Å². The topological polar surface area (TPSA) is 59.0 Å². The van der Waals surface area contributed by atoms with Crippen LogP contribution in [-0.4, -0.2) is 37.2 Å². The van der Waals surface area contributed by atoms with Crippen molar-refractivity contribution in [2.75, 3.05) is 24.6 Å². The molecule has 1 aliphatic heterocycles. The Morgan fingerprint density at radius 1 is 1.19 bits per heavy atom. The Morgan fingerprint density at radius 3 is 2.50 bits per heavy atom. The monoisotopic (exact) mass is 375 g/mol. The average Bonchev–Trinajstić information content (AvgIpc) is 2.65. The minimum absolute atomic E-state index is 0.0250. The second-order valence-corrected chi connectivity index (χ2v) is 6.60. The summed E-state index contributed by atoms with van der Waals surface area (Å²) >= 11 is 5.90.